The van der Waals surface area contributed by atoms with Crippen molar-refractivity contribution in [3.8, 4) is 0 Å². The molecule has 1 aliphatic heterocycles. The van der Waals surface area contributed by atoms with E-state index in [1.54, 1.807) is 12.4 Å². The molecule has 0 aromatic carbocycles. The minimum absolute atomic E-state index is 0.708. The summed E-state index contributed by atoms with van der Waals surface area (Å²) in [7, 11) is 0. The minimum Gasteiger partial charge on any atom is -0.335 e. The van der Waals surface area contributed by atoms with E-state index in [9.17, 15) is 0 Å². The number of allylic oxidation sites excluding steroid dienone is 1. The molecule has 0 radical (unpaired) electrons. The van der Waals surface area contributed by atoms with Crippen molar-refractivity contribution >= 4 is 6.21 Å². The van der Waals surface area contributed by atoms with Crippen LogP contribution in [-0.4, -0.2) is 17.8 Å². The van der Waals surface area contributed by atoms with Gasteiger partial charge in [-0.05, 0) is 12.3 Å². The van der Waals surface area contributed by atoms with Crippen LogP contribution in [0.1, 0.15) is 0 Å². The van der Waals surface area contributed by atoms with E-state index in [1.807, 2.05) is 17.2 Å². The maximum Gasteiger partial charge on any atom is 0.113 e. The third kappa shape index (κ3) is 0.964. The van der Waals surface area contributed by atoms with Crippen LogP contribution in [-0.2, 0) is 0 Å². The first-order valence-electron chi connectivity index (χ1n) is 2.48. The first-order valence-corrected chi connectivity index (χ1v) is 2.48. The number of rotatable bonds is 1. The van der Waals surface area contributed by atoms with E-state index < -0.39 is 0 Å². The second-order valence-electron chi connectivity index (χ2n) is 1.51. The second kappa shape index (κ2) is 2.31. The number of hydrogen-bond acceptors (Lipinski definition) is 2. The largest absolute Gasteiger partial charge is 0.335 e. The van der Waals surface area contributed by atoms with E-state index in [0.717, 1.165) is 0 Å². The summed E-state index contributed by atoms with van der Waals surface area (Å²) < 4.78 is 0. The third-order valence-corrected chi connectivity index (χ3v) is 0.948. The Morgan fingerprint density at radius 1 is 1.75 bits per heavy atom. The maximum absolute atomic E-state index is 3.97. The average molecular weight is 108 g/mol. The van der Waals surface area contributed by atoms with Crippen LogP contribution in [0.25, 0.3) is 0 Å². The second-order valence-corrected chi connectivity index (χ2v) is 1.51. The smallest absolute Gasteiger partial charge is 0.113 e. The van der Waals surface area contributed by atoms with Gasteiger partial charge >= 0.3 is 0 Å². The Balaban J connectivity index is 2.51. The summed E-state index contributed by atoms with van der Waals surface area (Å²) in [4.78, 5) is 5.88. The molecule has 1 rings (SSSR count). The molecule has 0 bridgehead atoms. The monoisotopic (exact) mass is 108 g/mol. The third-order valence-electron chi connectivity index (χ3n) is 0.948. The normalized spacial score (nSPS) is 16.8. The molecule has 0 amide bonds. The van der Waals surface area contributed by atoms with E-state index >= 15 is 0 Å². The molecule has 0 saturated carbocycles. The van der Waals surface area contributed by atoms with Crippen molar-refractivity contribution in [2.45, 2.75) is 0 Å². The van der Waals surface area contributed by atoms with Crippen LogP contribution in [0.2, 0.25) is 0 Å². The van der Waals surface area contributed by atoms with Crippen molar-refractivity contribution < 1.29 is 0 Å². The Morgan fingerprint density at radius 2 is 2.62 bits per heavy atom. The van der Waals surface area contributed by atoms with Crippen molar-refractivity contribution in [1.82, 2.24) is 4.90 Å². The highest BCUT2D eigenvalue weighted by molar-refractivity contribution is 5.71. The molecule has 0 spiro atoms. The summed E-state index contributed by atoms with van der Waals surface area (Å²) in [6, 6.07) is 0. The molecule has 0 saturated heterocycles. The first kappa shape index (κ1) is 5.09. The van der Waals surface area contributed by atoms with Gasteiger partial charge in [-0.1, -0.05) is 6.58 Å². The summed E-state index contributed by atoms with van der Waals surface area (Å²) in [5.74, 6) is 0. The molecule has 42 valence electrons. The van der Waals surface area contributed by atoms with E-state index in [4.69, 9.17) is 0 Å². The Kier molecular flexibility index (Phi) is 1.47. The van der Waals surface area contributed by atoms with E-state index in [1.165, 1.54) is 0 Å². The predicted molar refractivity (Wildman–Crippen MR) is 34.5 cm³/mol. The average Bonchev–Trinajstić information content (AvgIpc) is 1.90. The van der Waals surface area contributed by atoms with E-state index in [0.29, 0.717) is 6.67 Å². The summed E-state index contributed by atoms with van der Waals surface area (Å²) in [6.45, 7) is 4.29. The molecule has 1 heterocycles. The van der Waals surface area contributed by atoms with Gasteiger partial charge in [0.1, 0.15) is 6.67 Å². The van der Waals surface area contributed by atoms with Gasteiger partial charge < -0.3 is 4.90 Å². The number of hydrogen-bond donors (Lipinski definition) is 0. The van der Waals surface area contributed by atoms with Crippen LogP contribution in [0.5, 0.6) is 0 Å². The maximum atomic E-state index is 3.97. The quantitative estimate of drug-likeness (QED) is 0.489. The molecule has 0 aromatic rings. The van der Waals surface area contributed by atoms with Gasteiger partial charge in [-0.2, -0.15) is 0 Å². The van der Waals surface area contributed by atoms with Crippen molar-refractivity contribution in [2.75, 3.05) is 6.67 Å². The van der Waals surface area contributed by atoms with E-state index in [2.05, 4.69) is 11.6 Å². The highest BCUT2D eigenvalue weighted by atomic mass is 15.2. The summed E-state index contributed by atoms with van der Waals surface area (Å²) in [5, 5.41) is 0. The van der Waals surface area contributed by atoms with Crippen molar-refractivity contribution in [3.05, 3.63) is 25.1 Å². The lowest BCUT2D eigenvalue weighted by molar-refractivity contribution is 0.522. The SMILES string of the molecule is C=CN1C=CC=NC1. The fraction of sp³-hybridized carbons (Fsp3) is 0.167. The van der Waals surface area contributed by atoms with Gasteiger partial charge in [-0.25, -0.2) is 0 Å². The molecule has 2 nitrogen and oxygen atoms in total. The molecule has 2 heteroatoms. The molecule has 0 unspecified atom stereocenters. The molecular formula is C6H8N2. The van der Waals surface area contributed by atoms with Crippen LogP contribution in [0.3, 0.4) is 0 Å². The van der Waals surface area contributed by atoms with Crippen LogP contribution in [0, 0.1) is 0 Å². The topological polar surface area (TPSA) is 15.6 Å². The molecule has 0 fully saturated rings. The highest BCUT2D eigenvalue weighted by Gasteiger charge is 1.89. The highest BCUT2D eigenvalue weighted by Crippen LogP contribution is 1.93. The fourth-order valence-corrected chi connectivity index (χ4v) is 0.517. The van der Waals surface area contributed by atoms with Crippen molar-refractivity contribution in [1.29, 1.82) is 0 Å². The van der Waals surface area contributed by atoms with Crippen LogP contribution in [0.15, 0.2) is 30.0 Å². The number of aliphatic imine (C=N–C) groups is 1. The molecule has 0 aliphatic carbocycles. The van der Waals surface area contributed by atoms with Crippen LogP contribution >= 0.6 is 0 Å². The van der Waals surface area contributed by atoms with Gasteiger partial charge in [0, 0.05) is 12.4 Å². The standard InChI is InChI=1S/C6H8N2/c1-2-8-5-3-4-7-6-8/h2-5H,1,6H2. The fourth-order valence-electron chi connectivity index (χ4n) is 0.517. The molecular weight excluding hydrogens is 100 g/mol. The van der Waals surface area contributed by atoms with Gasteiger partial charge in [0.15, 0.2) is 0 Å². The lowest BCUT2D eigenvalue weighted by Crippen LogP contribution is -2.11. The Bertz CT molecular complexity index is 135. The van der Waals surface area contributed by atoms with Crippen LogP contribution in [0.4, 0.5) is 0 Å². The molecule has 0 aromatic heterocycles. The molecule has 0 atom stereocenters. The van der Waals surface area contributed by atoms with Crippen LogP contribution < -0.4 is 0 Å². The predicted octanol–water partition coefficient (Wildman–Crippen LogP) is 0.988. The van der Waals surface area contributed by atoms with Gasteiger partial charge in [-0.3, -0.25) is 4.99 Å². The zero-order valence-corrected chi connectivity index (χ0v) is 4.62. The van der Waals surface area contributed by atoms with Gasteiger partial charge in [0.05, 0.1) is 0 Å². The zero-order chi connectivity index (χ0) is 5.82. The summed E-state index contributed by atoms with van der Waals surface area (Å²) in [5.41, 5.74) is 0. The number of nitrogens with zero attached hydrogens (tertiary/aromatic N) is 2. The molecule has 8 heavy (non-hydrogen) atoms. The molecule has 0 N–H and O–H groups in total. The van der Waals surface area contributed by atoms with E-state index in [-0.39, 0.29) is 0 Å². The Labute approximate surface area is 48.8 Å². The van der Waals surface area contributed by atoms with Crippen molar-refractivity contribution in [3.63, 3.8) is 0 Å². The summed E-state index contributed by atoms with van der Waals surface area (Å²) >= 11 is 0. The first-order chi connectivity index (χ1) is 3.93. The summed E-state index contributed by atoms with van der Waals surface area (Å²) in [6.07, 6.45) is 7.33. The van der Waals surface area contributed by atoms with Gasteiger partial charge in [0.2, 0.25) is 0 Å². The lowest BCUT2D eigenvalue weighted by Gasteiger charge is -2.12. The van der Waals surface area contributed by atoms with Gasteiger partial charge in [-0.15, -0.1) is 0 Å². The van der Waals surface area contributed by atoms with Gasteiger partial charge in [0.25, 0.3) is 0 Å². The Morgan fingerprint density at radius 3 is 3.00 bits per heavy atom. The lowest BCUT2D eigenvalue weighted by atomic mass is 10.5. The Hall–Kier alpha value is -1.05. The minimum atomic E-state index is 0.708. The van der Waals surface area contributed by atoms with Crippen molar-refractivity contribution in [2.24, 2.45) is 4.99 Å². The zero-order valence-electron chi connectivity index (χ0n) is 4.62. The molecule has 1 aliphatic rings.